The minimum Gasteiger partial charge on any atom is -0.496 e. The van der Waals surface area contributed by atoms with E-state index in [2.05, 4.69) is 0 Å². The van der Waals surface area contributed by atoms with Crippen LogP contribution in [-0.2, 0) is 22.1 Å². The van der Waals surface area contributed by atoms with Crippen molar-refractivity contribution in [2.24, 2.45) is 0 Å². The van der Waals surface area contributed by atoms with Gasteiger partial charge in [0.2, 0.25) is 0 Å². The molecule has 0 saturated carbocycles. The lowest BCUT2D eigenvalue weighted by molar-refractivity contribution is -0.142. The summed E-state index contributed by atoms with van der Waals surface area (Å²) in [5, 5.41) is 9.29. The van der Waals surface area contributed by atoms with Gasteiger partial charge in [-0.05, 0) is 36.8 Å². The zero-order chi connectivity index (χ0) is 19.3. The molecule has 0 spiro atoms. The molecule has 2 aromatic rings. The van der Waals surface area contributed by atoms with Crippen LogP contribution in [0.2, 0.25) is 0 Å². The monoisotopic (exact) mass is 363 g/mol. The molecule has 0 bridgehead atoms. The molecule has 0 unspecified atom stereocenters. The Bertz CT molecular complexity index is 854. The lowest BCUT2D eigenvalue weighted by Gasteiger charge is -2.14. The molecule has 0 atom stereocenters. The second-order valence-electron chi connectivity index (χ2n) is 5.39. The van der Waals surface area contributed by atoms with Gasteiger partial charge in [-0.3, -0.25) is 4.79 Å². The summed E-state index contributed by atoms with van der Waals surface area (Å²) in [7, 11) is 1.42. The van der Waals surface area contributed by atoms with E-state index in [1.165, 1.54) is 13.2 Å². The van der Waals surface area contributed by atoms with Crippen LogP contribution in [0.25, 0.3) is 11.1 Å². The second-order valence-corrected chi connectivity index (χ2v) is 5.39. The maximum Gasteiger partial charge on any atom is 0.416 e. The molecule has 0 fully saturated rings. The number of halogens is 3. The van der Waals surface area contributed by atoms with Crippen molar-refractivity contribution in [1.82, 2.24) is 0 Å². The highest BCUT2D eigenvalue weighted by Crippen LogP contribution is 2.37. The Morgan fingerprint density at radius 2 is 1.88 bits per heavy atom. The Labute approximate surface area is 148 Å². The third-order valence-electron chi connectivity index (χ3n) is 3.68. The third kappa shape index (κ3) is 4.33. The number of methoxy groups -OCH3 is 1. The summed E-state index contributed by atoms with van der Waals surface area (Å²) in [6.07, 6.45) is -4.53. The van der Waals surface area contributed by atoms with Crippen LogP contribution in [0.4, 0.5) is 13.2 Å². The Morgan fingerprint density at radius 3 is 2.46 bits per heavy atom. The van der Waals surface area contributed by atoms with Gasteiger partial charge >= 0.3 is 12.1 Å². The molecular formula is C19H16F3NO3. The molecule has 2 aromatic carbocycles. The predicted octanol–water partition coefficient (Wildman–Crippen LogP) is 4.36. The molecule has 0 saturated heterocycles. The van der Waals surface area contributed by atoms with E-state index in [0.717, 1.165) is 12.1 Å². The molecule has 26 heavy (non-hydrogen) atoms. The molecular weight excluding hydrogens is 347 g/mol. The van der Waals surface area contributed by atoms with Crippen molar-refractivity contribution < 1.29 is 27.4 Å². The van der Waals surface area contributed by atoms with Crippen LogP contribution in [0, 0.1) is 11.3 Å². The van der Waals surface area contributed by atoms with Crippen LogP contribution < -0.4 is 4.74 Å². The summed E-state index contributed by atoms with van der Waals surface area (Å²) in [6, 6.07) is 9.60. The lowest BCUT2D eigenvalue weighted by atomic mass is 9.95. The van der Waals surface area contributed by atoms with Crippen molar-refractivity contribution in [2.45, 2.75) is 19.5 Å². The van der Waals surface area contributed by atoms with Gasteiger partial charge in [-0.15, -0.1) is 0 Å². The summed E-state index contributed by atoms with van der Waals surface area (Å²) >= 11 is 0. The van der Waals surface area contributed by atoms with E-state index < -0.39 is 17.7 Å². The van der Waals surface area contributed by atoms with E-state index >= 15 is 0 Å². The maximum absolute atomic E-state index is 12.9. The second kappa shape index (κ2) is 7.91. The predicted molar refractivity (Wildman–Crippen MR) is 88.5 cm³/mol. The Balaban J connectivity index is 2.53. The first-order valence-corrected chi connectivity index (χ1v) is 7.74. The summed E-state index contributed by atoms with van der Waals surface area (Å²) in [5.74, 6) is -0.0367. The fourth-order valence-electron chi connectivity index (χ4n) is 2.50. The number of esters is 1. The largest absolute Gasteiger partial charge is 0.496 e. The molecule has 0 heterocycles. The van der Waals surface area contributed by atoms with E-state index in [9.17, 15) is 23.2 Å². The number of nitriles is 1. The van der Waals surface area contributed by atoms with Crippen LogP contribution in [0.15, 0.2) is 36.4 Å². The van der Waals surface area contributed by atoms with Crippen molar-refractivity contribution in [3.05, 3.63) is 53.1 Å². The van der Waals surface area contributed by atoms with Crippen molar-refractivity contribution >= 4 is 5.97 Å². The number of alkyl halides is 3. The molecule has 0 amide bonds. The molecule has 136 valence electrons. The average molecular weight is 363 g/mol. The highest BCUT2D eigenvalue weighted by molar-refractivity contribution is 5.79. The average Bonchev–Trinajstić information content (AvgIpc) is 2.60. The van der Waals surface area contributed by atoms with Crippen LogP contribution in [0.5, 0.6) is 5.75 Å². The molecule has 0 aliphatic carbocycles. The summed E-state index contributed by atoms with van der Waals surface area (Å²) in [5.41, 5.74) is 0.288. The summed E-state index contributed by atoms with van der Waals surface area (Å²) in [4.78, 5) is 11.7. The van der Waals surface area contributed by atoms with Crippen molar-refractivity contribution in [1.29, 1.82) is 5.26 Å². The fraction of sp³-hybridized carbons (Fsp3) is 0.263. The van der Waals surface area contributed by atoms with Gasteiger partial charge in [-0.2, -0.15) is 18.4 Å². The zero-order valence-electron chi connectivity index (χ0n) is 14.2. The fourth-order valence-corrected chi connectivity index (χ4v) is 2.50. The molecule has 7 heteroatoms. The van der Waals surface area contributed by atoms with Gasteiger partial charge in [0.25, 0.3) is 0 Å². The van der Waals surface area contributed by atoms with Crippen LogP contribution in [0.3, 0.4) is 0 Å². The number of carbonyl (C=O) groups is 1. The number of ether oxygens (including phenoxy) is 2. The van der Waals surface area contributed by atoms with Gasteiger partial charge in [0.15, 0.2) is 0 Å². The van der Waals surface area contributed by atoms with E-state index in [-0.39, 0.29) is 18.6 Å². The first kappa shape index (κ1) is 19.3. The van der Waals surface area contributed by atoms with Gasteiger partial charge in [0.1, 0.15) is 5.75 Å². The number of carbonyl (C=O) groups excluding carboxylic acids is 1. The summed E-state index contributed by atoms with van der Waals surface area (Å²) in [6.45, 7) is 1.94. The van der Waals surface area contributed by atoms with E-state index in [4.69, 9.17) is 9.47 Å². The van der Waals surface area contributed by atoms with Crippen molar-refractivity contribution in [3.8, 4) is 22.9 Å². The Kier molecular flexibility index (Phi) is 5.88. The minimum absolute atomic E-state index is 0.00730. The van der Waals surface area contributed by atoms with Gasteiger partial charge < -0.3 is 9.47 Å². The molecule has 0 N–H and O–H groups in total. The first-order chi connectivity index (χ1) is 12.3. The van der Waals surface area contributed by atoms with Crippen LogP contribution >= 0.6 is 0 Å². The molecule has 0 aliphatic rings. The maximum atomic E-state index is 12.9. The molecule has 0 radical (unpaired) electrons. The topological polar surface area (TPSA) is 59.3 Å². The number of hydrogen-bond donors (Lipinski definition) is 0. The SMILES string of the molecule is CCOC(=O)Cc1ccc(OC)c(-c2ccc(C(F)(F)F)cc2C#N)c1. The number of benzene rings is 2. The summed E-state index contributed by atoms with van der Waals surface area (Å²) < 4.78 is 48.8. The normalized spacial score (nSPS) is 10.9. The number of rotatable bonds is 5. The standard InChI is InChI=1S/C19H16F3NO3/c1-3-26-18(24)9-12-4-7-17(25-2)16(8-12)15-6-5-14(19(20,21)22)10-13(15)11-23/h4-8,10H,3,9H2,1-2H3. The van der Waals surface area contributed by atoms with Gasteiger partial charge in [0, 0.05) is 11.1 Å². The van der Waals surface area contributed by atoms with E-state index in [0.29, 0.717) is 22.4 Å². The van der Waals surface area contributed by atoms with Crippen molar-refractivity contribution in [3.63, 3.8) is 0 Å². The number of hydrogen-bond acceptors (Lipinski definition) is 4. The highest BCUT2D eigenvalue weighted by Gasteiger charge is 2.31. The molecule has 0 aliphatic heterocycles. The quantitative estimate of drug-likeness (QED) is 0.741. The van der Waals surface area contributed by atoms with Crippen LogP contribution in [0.1, 0.15) is 23.6 Å². The van der Waals surface area contributed by atoms with E-state index in [1.807, 2.05) is 0 Å². The Hall–Kier alpha value is -3.01. The highest BCUT2D eigenvalue weighted by atomic mass is 19.4. The van der Waals surface area contributed by atoms with Gasteiger partial charge in [-0.1, -0.05) is 12.1 Å². The zero-order valence-corrected chi connectivity index (χ0v) is 14.2. The van der Waals surface area contributed by atoms with E-state index in [1.54, 1.807) is 31.2 Å². The minimum atomic E-state index is -4.54. The smallest absolute Gasteiger partial charge is 0.416 e. The van der Waals surface area contributed by atoms with Gasteiger partial charge in [0.05, 0.1) is 37.3 Å². The molecule has 4 nitrogen and oxygen atoms in total. The van der Waals surface area contributed by atoms with Crippen molar-refractivity contribution in [2.75, 3.05) is 13.7 Å². The third-order valence-corrected chi connectivity index (χ3v) is 3.68. The Morgan fingerprint density at radius 1 is 1.15 bits per heavy atom. The number of nitrogens with zero attached hydrogens (tertiary/aromatic N) is 1. The lowest BCUT2D eigenvalue weighted by Crippen LogP contribution is -2.08. The first-order valence-electron chi connectivity index (χ1n) is 7.74. The van der Waals surface area contributed by atoms with Crippen LogP contribution in [-0.4, -0.2) is 19.7 Å². The van der Waals surface area contributed by atoms with Gasteiger partial charge in [-0.25, -0.2) is 0 Å². The molecule has 2 rings (SSSR count). The molecule has 0 aromatic heterocycles.